The Morgan fingerprint density at radius 1 is 1.10 bits per heavy atom. The van der Waals surface area contributed by atoms with Crippen molar-refractivity contribution in [3.05, 3.63) is 53.9 Å². The van der Waals surface area contributed by atoms with Crippen molar-refractivity contribution in [2.75, 3.05) is 11.1 Å². The van der Waals surface area contributed by atoms with Crippen LogP contribution in [0.25, 0.3) is 10.9 Å². The van der Waals surface area contributed by atoms with E-state index in [0.29, 0.717) is 0 Å². The molecular formula is C16H16N4. The van der Waals surface area contributed by atoms with Crippen molar-refractivity contribution < 1.29 is 0 Å². The summed E-state index contributed by atoms with van der Waals surface area (Å²) in [6, 6.07) is 12.0. The minimum Gasteiger partial charge on any atom is -0.398 e. The number of pyridine rings is 2. The highest BCUT2D eigenvalue weighted by molar-refractivity contribution is 5.92. The molecule has 0 fully saturated rings. The lowest BCUT2D eigenvalue weighted by Gasteiger charge is -2.10. The van der Waals surface area contributed by atoms with Gasteiger partial charge in [0, 0.05) is 29.0 Å². The van der Waals surface area contributed by atoms with Crippen molar-refractivity contribution in [1.82, 2.24) is 9.97 Å². The number of anilines is 3. The molecule has 0 saturated heterocycles. The number of nitrogen functional groups attached to an aromatic ring is 1. The molecule has 0 amide bonds. The van der Waals surface area contributed by atoms with E-state index in [1.165, 1.54) is 0 Å². The van der Waals surface area contributed by atoms with Gasteiger partial charge >= 0.3 is 0 Å². The zero-order valence-electron chi connectivity index (χ0n) is 11.5. The summed E-state index contributed by atoms with van der Waals surface area (Å²) >= 11 is 0. The Kier molecular flexibility index (Phi) is 2.99. The number of nitrogens with one attached hydrogen (secondary N) is 1. The molecule has 4 nitrogen and oxygen atoms in total. The summed E-state index contributed by atoms with van der Waals surface area (Å²) in [4.78, 5) is 8.93. The lowest BCUT2D eigenvalue weighted by atomic mass is 10.1. The number of rotatable bonds is 2. The molecule has 1 aromatic carbocycles. The number of hydrogen-bond donors (Lipinski definition) is 2. The van der Waals surface area contributed by atoms with Gasteiger partial charge in [-0.25, -0.2) is 4.98 Å². The van der Waals surface area contributed by atoms with Crippen molar-refractivity contribution in [1.29, 1.82) is 0 Å². The van der Waals surface area contributed by atoms with E-state index >= 15 is 0 Å². The lowest BCUT2D eigenvalue weighted by molar-refractivity contribution is 1.24. The zero-order chi connectivity index (χ0) is 14.1. The van der Waals surface area contributed by atoms with Crippen molar-refractivity contribution in [2.24, 2.45) is 0 Å². The highest BCUT2D eigenvalue weighted by Crippen LogP contribution is 2.25. The number of hydrogen-bond acceptors (Lipinski definition) is 4. The monoisotopic (exact) mass is 264 g/mol. The molecule has 0 unspecified atom stereocenters. The molecule has 0 aliphatic rings. The SMILES string of the molecule is Cc1ccc2cccc(Nc3cc(N)c(C)cn3)c2n1. The average Bonchev–Trinajstić information content (AvgIpc) is 2.44. The largest absolute Gasteiger partial charge is 0.398 e. The van der Waals surface area contributed by atoms with Crippen molar-refractivity contribution in [2.45, 2.75) is 13.8 Å². The van der Waals surface area contributed by atoms with Gasteiger partial charge in [-0.05, 0) is 31.5 Å². The van der Waals surface area contributed by atoms with Gasteiger partial charge in [-0.15, -0.1) is 0 Å². The third-order valence-electron chi connectivity index (χ3n) is 3.27. The average molecular weight is 264 g/mol. The molecule has 100 valence electrons. The van der Waals surface area contributed by atoms with E-state index in [-0.39, 0.29) is 0 Å². The number of benzene rings is 1. The first-order chi connectivity index (χ1) is 9.63. The summed E-state index contributed by atoms with van der Waals surface area (Å²) in [5, 5.41) is 4.39. The minimum absolute atomic E-state index is 0.726. The summed E-state index contributed by atoms with van der Waals surface area (Å²) in [5.74, 6) is 0.726. The van der Waals surface area contributed by atoms with Gasteiger partial charge in [0.25, 0.3) is 0 Å². The molecule has 0 aliphatic carbocycles. The first-order valence-corrected chi connectivity index (χ1v) is 6.49. The highest BCUT2D eigenvalue weighted by Gasteiger charge is 2.05. The molecule has 20 heavy (non-hydrogen) atoms. The standard InChI is InChI=1S/C16H16N4/c1-10-9-18-15(8-13(10)17)20-14-5-3-4-12-7-6-11(2)19-16(12)14/h3-9H,1-2H3,(H3,17,18,20). The molecule has 4 heteroatoms. The topological polar surface area (TPSA) is 63.8 Å². The number of aromatic nitrogens is 2. The smallest absolute Gasteiger partial charge is 0.132 e. The van der Waals surface area contributed by atoms with Crippen LogP contribution < -0.4 is 11.1 Å². The second kappa shape index (κ2) is 4.81. The van der Waals surface area contributed by atoms with E-state index < -0.39 is 0 Å². The van der Waals surface area contributed by atoms with Crippen LogP contribution in [0.2, 0.25) is 0 Å². The molecule has 0 radical (unpaired) electrons. The van der Waals surface area contributed by atoms with Crippen molar-refractivity contribution in [3.8, 4) is 0 Å². The molecule has 2 aromatic heterocycles. The second-order valence-electron chi connectivity index (χ2n) is 4.88. The van der Waals surface area contributed by atoms with Crippen LogP contribution in [-0.2, 0) is 0 Å². The summed E-state index contributed by atoms with van der Waals surface area (Å²) in [5.41, 5.74) is 10.5. The Labute approximate surface area is 117 Å². The number of para-hydroxylation sites is 1. The summed E-state index contributed by atoms with van der Waals surface area (Å²) in [6.45, 7) is 3.92. The van der Waals surface area contributed by atoms with Crippen molar-refractivity contribution in [3.63, 3.8) is 0 Å². The predicted octanol–water partition coefficient (Wildman–Crippen LogP) is 3.57. The molecule has 3 N–H and O–H groups in total. The molecule has 0 aliphatic heterocycles. The number of nitrogens with zero attached hydrogens (tertiary/aromatic N) is 2. The molecular weight excluding hydrogens is 248 g/mol. The third kappa shape index (κ3) is 2.28. The second-order valence-corrected chi connectivity index (χ2v) is 4.88. The van der Waals surface area contributed by atoms with Gasteiger partial charge in [-0.3, -0.25) is 4.98 Å². The molecule has 3 rings (SSSR count). The fraction of sp³-hybridized carbons (Fsp3) is 0.125. The Morgan fingerprint density at radius 3 is 2.75 bits per heavy atom. The quantitative estimate of drug-likeness (QED) is 0.742. The molecule has 0 bridgehead atoms. The molecule has 0 atom stereocenters. The van der Waals surface area contributed by atoms with Crippen LogP contribution in [0.3, 0.4) is 0 Å². The van der Waals surface area contributed by atoms with Crippen molar-refractivity contribution >= 4 is 28.1 Å². The highest BCUT2D eigenvalue weighted by atomic mass is 15.0. The minimum atomic E-state index is 0.726. The van der Waals surface area contributed by atoms with Gasteiger partial charge in [0.05, 0.1) is 11.2 Å². The van der Waals surface area contributed by atoms with E-state index in [9.17, 15) is 0 Å². The van der Waals surface area contributed by atoms with Gasteiger partial charge in [0.2, 0.25) is 0 Å². The fourth-order valence-corrected chi connectivity index (χ4v) is 2.09. The Morgan fingerprint density at radius 2 is 1.95 bits per heavy atom. The normalized spacial score (nSPS) is 10.7. The Bertz CT molecular complexity index is 781. The Balaban J connectivity index is 2.05. The van der Waals surface area contributed by atoms with Crippen LogP contribution in [0.4, 0.5) is 17.2 Å². The van der Waals surface area contributed by atoms with Gasteiger partial charge in [-0.1, -0.05) is 18.2 Å². The van der Waals surface area contributed by atoms with E-state index in [4.69, 9.17) is 5.73 Å². The van der Waals surface area contributed by atoms with Crippen LogP contribution in [-0.4, -0.2) is 9.97 Å². The molecule has 0 spiro atoms. The zero-order valence-corrected chi connectivity index (χ0v) is 11.5. The number of fused-ring (bicyclic) bond motifs is 1. The molecule has 3 aromatic rings. The maximum atomic E-state index is 5.92. The molecule has 0 saturated carbocycles. The van der Waals surface area contributed by atoms with E-state index in [1.54, 1.807) is 6.20 Å². The van der Waals surface area contributed by atoms with Gasteiger partial charge in [0.15, 0.2) is 0 Å². The summed E-state index contributed by atoms with van der Waals surface area (Å²) in [7, 11) is 0. The van der Waals surface area contributed by atoms with E-state index in [0.717, 1.165) is 39.4 Å². The number of nitrogens with two attached hydrogens (primary N) is 1. The summed E-state index contributed by atoms with van der Waals surface area (Å²) in [6.07, 6.45) is 1.77. The summed E-state index contributed by atoms with van der Waals surface area (Å²) < 4.78 is 0. The van der Waals surface area contributed by atoms with E-state index in [1.807, 2.05) is 44.2 Å². The first-order valence-electron chi connectivity index (χ1n) is 6.49. The van der Waals surface area contributed by atoms with E-state index in [2.05, 4.69) is 21.4 Å². The third-order valence-corrected chi connectivity index (χ3v) is 3.27. The van der Waals surface area contributed by atoms with Gasteiger partial charge < -0.3 is 11.1 Å². The molecule has 2 heterocycles. The van der Waals surface area contributed by atoms with Crippen LogP contribution in [0.1, 0.15) is 11.3 Å². The number of aryl methyl sites for hydroxylation is 2. The predicted molar refractivity (Wildman–Crippen MR) is 83.1 cm³/mol. The van der Waals surface area contributed by atoms with Crippen LogP contribution in [0.15, 0.2) is 42.6 Å². The maximum absolute atomic E-state index is 5.92. The van der Waals surface area contributed by atoms with Gasteiger partial charge in [-0.2, -0.15) is 0 Å². The first kappa shape index (κ1) is 12.4. The van der Waals surface area contributed by atoms with Crippen LogP contribution in [0, 0.1) is 13.8 Å². The van der Waals surface area contributed by atoms with Crippen LogP contribution >= 0.6 is 0 Å². The lowest BCUT2D eigenvalue weighted by Crippen LogP contribution is -1.98. The van der Waals surface area contributed by atoms with Crippen LogP contribution in [0.5, 0.6) is 0 Å². The van der Waals surface area contributed by atoms with Gasteiger partial charge in [0.1, 0.15) is 5.82 Å². The maximum Gasteiger partial charge on any atom is 0.132 e. The fourth-order valence-electron chi connectivity index (χ4n) is 2.09. The Hall–Kier alpha value is -2.62.